The Hall–Kier alpha value is -1.47. The van der Waals surface area contributed by atoms with Crippen molar-refractivity contribution in [2.75, 3.05) is 26.8 Å². The number of amides is 1. The highest BCUT2D eigenvalue weighted by atomic mass is 35.5. The molecule has 1 fully saturated rings. The molecular formula is C17H22ClN3O2S. The minimum Gasteiger partial charge on any atom is -0.378 e. The summed E-state index contributed by atoms with van der Waals surface area (Å²) in [5, 5.41) is 6.32. The van der Waals surface area contributed by atoms with Gasteiger partial charge in [0.1, 0.15) is 5.01 Å². The third-order valence-electron chi connectivity index (χ3n) is 3.82. The molecule has 1 aliphatic rings. The molecule has 0 radical (unpaired) electrons. The number of hydrogen-bond donors (Lipinski definition) is 1. The number of carbonyl (C=O) groups excluding carboxylic acids is 1. The number of benzene rings is 1. The number of nitrogens with one attached hydrogen (secondary N) is 1. The summed E-state index contributed by atoms with van der Waals surface area (Å²) in [6, 6.07) is 10.2. The van der Waals surface area contributed by atoms with Crippen LogP contribution in [0, 0.1) is 0 Å². The van der Waals surface area contributed by atoms with Crippen molar-refractivity contribution in [2.24, 2.45) is 0 Å². The van der Waals surface area contributed by atoms with Gasteiger partial charge in [0.05, 0.1) is 25.5 Å². The normalized spacial score (nSPS) is 17.1. The van der Waals surface area contributed by atoms with E-state index in [1.807, 2.05) is 42.8 Å². The fourth-order valence-corrected chi connectivity index (χ4v) is 3.36. The summed E-state index contributed by atoms with van der Waals surface area (Å²) in [4.78, 5) is 18.7. The number of halogens is 1. The first kappa shape index (κ1) is 18.9. The molecular weight excluding hydrogens is 346 g/mol. The zero-order valence-corrected chi connectivity index (χ0v) is 15.2. The van der Waals surface area contributed by atoms with Gasteiger partial charge >= 0.3 is 0 Å². The molecule has 0 saturated carbocycles. The van der Waals surface area contributed by atoms with Crippen LogP contribution in [0.15, 0.2) is 35.7 Å². The van der Waals surface area contributed by atoms with E-state index < -0.39 is 0 Å². The molecule has 1 aliphatic heterocycles. The van der Waals surface area contributed by atoms with Crippen LogP contribution in [-0.4, -0.2) is 48.6 Å². The van der Waals surface area contributed by atoms with Gasteiger partial charge in [0.25, 0.3) is 0 Å². The van der Waals surface area contributed by atoms with Crippen molar-refractivity contribution in [3.05, 3.63) is 41.4 Å². The van der Waals surface area contributed by atoms with Crippen LogP contribution in [0.4, 0.5) is 0 Å². The average molecular weight is 368 g/mol. The van der Waals surface area contributed by atoms with E-state index in [0.717, 1.165) is 29.4 Å². The smallest absolute Gasteiger partial charge is 0.224 e. The van der Waals surface area contributed by atoms with E-state index in [4.69, 9.17) is 4.74 Å². The monoisotopic (exact) mass is 367 g/mol. The van der Waals surface area contributed by atoms with Crippen LogP contribution < -0.4 is 5.32 Å². The molecule has 24 heavy (non-hydrogen) atoms. The maximum atomic E-state index is 12.3. The van der Waals surface area contributed by atoms with Crippen LogP contribution >= 0.6 is 23.7 Å². The van der Waals surface area contributed by atoms with E-state index in [9.17, 15) is 4.79 Å². The average Bonchev–Trinajstić information content (AvgIpc) is 3.05. The van der Waals surface area contributed by atoms with E-state index in [2.05, 4.69) is 10.3 Å². The molecule has 130 valence electrons. The van der Waals surface area contributed by atoms with E-state index in [1.165, 1.54) is 0 Å². The number of aromatic nitrogens is 1. The predicted octanol–water partition coefficient (Wildman–Crippen LogP) is 2.57. The molecule has 0 aliphatic carbocycles. The molecule has 1 atom stereocenters. The second-order valence-corrected chi connectivity index (χ2v) is 6.55. The highest BCUT2D eigenvalue weighted by Crippen LogP contribution is 2.23. The van der Waals surface area contributed by atoms with Crippen LogP contribution in [0.1, 0.15) is 12.1 Å². The fraction of sp³-hybridized carbons (Fsp3) is 0.412. The Balaban J connectivity index is 0.00000208. The van der Waals surface area contributed by atoms with Crippen molar-refractivity contribution in [2.45, 2.75) is 19.0 Å². The second-order valence-electron chi connectivity index (χ2n) is 5.69. The molecule has 3 rings (SSSR count). The molecule has 7 heteroatoms. The number of nitrogens with zero attached hydrogens (tertiary/aromatic N) is 2. The SMILES string of the molecule is CN(Cc1csc(-c2ccccc2)n1)C(=O)CC1COCCN1.Cl. The molecule has 1 saturated heterocycles. The first-order valence-corrected chi connectivity index (χ1v) is 8.65. The van der Waals surface area contributed by atoms with Crippen LogP contribution in [0.25, 0.3) is 10.6 Å². The standard InChI is InChI=1S/C17H21N3O2S.ClH/c1-20(16(21)9-14-11-22-8-7-18-14)10-15-12-23-17(19-15)13-5-3-2-4-6-13;/h2-6,12,14,18H,7-11H2,1H3;1H. The first-order valence-electron chi connectivity index (χ1n) is 7.77. The van der Waals surface area contributed by atoms with Crippen LogP contribution in [-0.2, 0) is 16.1 Å². The Morgan fingerprint density at radius 3 is 2.92 bits per heavy atom. The Labute approximate surface area is 152 Å². The minimum absolute atomic E-state index is 0. The first-order chi connectivity index (χ1) is 11.2. The molecule has 5 nitrogen and oxygen atoms in total. The summed E-state index contributed by atoms with van der Waals surface area (Å²) >= 11 is 1.61. The summed E-state index contributed by atoms with van der Waals surface area (Å²) in [5.74, 6) is 0.113. The van der Waals surface area contributed by atoms with Gasteiger partial charge < -0.3 is 15.0 Å². The van der Waals surface area contributed by atoms with Crippen LogP contribution in [0.5, 0.6) is 0 Å². The van der Waals surface area contributed by atoms with E-state index in [-0.39, 0.29) is 24.4 Å². The molecule has 2 heterocycles. The lowest BCUT2D eigenvalue weighted by molar-refractivity contribution is -0.131. The number of carbonyl (C=O) groups is 1. The zero-order valence-electron chi connectivity index (χ0n) is 13.6. The quantitative estimate of drug-likeness (QED) is 0.882. The number of morpholine rings is 1. The van der Waals surface area contributed by atoms with E-state index in [1.54, 1.807) is 16.2 Å². The maximum Gasteiger partial charge on any atom is 0.224 e. The van der Waals surface area contributed by atoms with E-state index in [0.29, 0.717) is 19.6 Å². The topological polar surface area (TPSA) is 54.5 Å². The number of hydrogen-bond acceptors (Lipinski definition) is 5. The lowest BCUT2D eigenvalue weighted by atomic mass is 10.2. The lowest BCUT2D eigenvalue weighted by Gasteiger charge is -2.25. The molecule has 0 spiro atoms. The van der Waals surface area contributed by atoms with Gasteiger partial charge in [-0.05, 0) is 0 Å². The van der Waals surface area contributed by atoms with Crippen LogP contribution in [0.2, 0.25) is 0 Å². The number of thiazole rings is 1. The van der Waals surface area contributed by atoms with Gasteiger partial charge in [-0.1, -0.05) is 30.3 Å². The Morgan fingerprint density at radius 2 is 2.21 bits per heavy atom. The molecule has 0 bridgehead atoms. The van der Waals surface area contributed by atoms with Crippen LogP contribution in [0.3, 0.4) is 0 Å². The molecule has 1 aromatic carbocycles. The highest BCUT2D eigenvalue weighted by molar-refractivity contribution is 7.13. The Morgan fingerprint density at radius 1 is 1.42 bits per heavy atom. The largest absolute Gasteiger partial charge is 0.378 e. The third kappa shape index (κ3) is 5.01. The van der Waals surface area contributed by atoms with Gasteiger partial charge in [-0.15, -0.1) is 23.7 Å². The molecule has 1 N–H and O–H groups in total. The van der Waals surface area contributed by atoms with Gasteiger partial charge in [0.15, 0.2) is 0 Å². The zero-order chi connectivity index (χ0) is 16.1. The highest BCUT2D eigenvalue weighted by Gasteiger charge is 2.19. The molecule has 1 aromatic heterocycles. The summed E-state index contributed by atoms with van der Waals surface area (Å²) in [6.07, 6.45) is 0.464. The summed E-state index contributed by atoms with van der Waals surface area (Å²) in [5.41, 5.74) is 2.04. The Bertz CT molecular complexity index is 644. The van der Waals surface area contributed by atoms with Crippen molar-refractivity contribution < 1.29 is 9.53 Å². The summed E-state index contributed by atoms with van der Waals surface area (Å²) in [6.45, 7) is 2.68. The lowest BCUT2D eigenvalue weighted by Crippen LogP contribution is -2.44. The van der Waals surface area contributed by atoms with Gasteiger partial charge in [0, 0.05) is 37.0 Å². The fourth-order valence-electron chi connectivity index (χ4n) is 2.54. The van der Waals surface area contributed by atoms with Crippen molar-refractivity contribution >= 4 is 29.7 Å². The maximum absolute atomic E-state index is 12.3. The van der Waals surface area contributed by atoms with Gasteiger partial charge in [-0.3, -0.25) is 4.79 Å². The number of ether oxygens (including phenoxy) is 1. The number of rotatable bonds is 5. The second kappa shape index (κ2) is 9.13. The summed E-state index contributed by atoms with van der Waals surface area (Å²) < 4.78 is 5.39. The predicted molar refractivity (Wildman–Crippen MR) is 98.5 cm³/mol. The van der Waals surface area contributed by atoms with Crippen molar-refractivity contribution in [3.8, 4) is 10.6 Å². The van der Waals surface area contributed by atoms with Gasteiger partial charge in [-0.25, -0.2) is 4.98 Å². The molecule has 1 unspecified atom stereocenters. The van der Waals surface area contributed by atoms with Gasteiger partial charge in [0.2, 0.25) is 5.91 Å². The summed E-state index contributed by atoms with van der Waals surface area (Å²) in [7, 11) is 1.83. The van der Waals surface area contributed by atoms with E-state index >= 15 is 0 Å². The molecule has 2 aromatic rings. The van der Waals surface area contributed by atoms with Crippen molar-refractivity contribution in [3.63, 3.8) is 0 Å². The van der Waals surface area contributed by atoms with Crippen molar-refractivity contribution in [1.29, 1.82) is 0 Å². The third-order valence-corrected chi connectivity index (χ3v) is 4.76. The van der Waals surface area contributed by atoms with Gasteiger partial charge in [-0.2, -0.15) is 0 Å². The minimum atomic E-state index is 0. The Kier molecular flexibility index (Phi) is 7.17. The molecule has 1 amide bonds. The van der Waals surface area contributed by atoms with Crippen molar-refractivity contribution in [1.82, 2.24) is 15.2 Å².